The number of anilines is 1. The van der Waals surface area contributed by atoms with E-state index in [1.807, 2.05) is 0 Å². The molecular weight excluding hydrogens is 520 g/mol. The third-order valence-electron chi connectivity index (χ3n) is 5.68. The topological polar surface area (TPSA) is 101 Å². The van der Waals surface area contributed by atoms with Crippen LogP contribution in [-0.4, -0.2) is 56.9 Å². The largest absolute Gasteiger partial charge is 0.442 e. The van der Waals surface area contributed by atoms with Crippen LogP contribution < -0.4 is 15.4 Å². The number of amides is 1. The molecule has 4 rings (SSSR count). The number of fused-ring (bicyclic) bond motifs is 1. The minimum Gasteiger partial charge on any atom is -0.442 e. The summed E-state index contributed by atoms with van der Waals surface area (Å²) in [6.07, 6.45) is -2.32. The maximum Gasteiger partial charge on any atom is 0.390 e. The van der Waals surface area contributed by atoms with Crippen LogP contribution >= 0.6 is 0 Å². The van der Waals surface area contributed by atoms with Crippen molar-refractivity contribution < 1.29 is 41.0 Å². The normalized spacial score (nSPS) is 14.6. The Kier molecular flexibility index (Phi) is 7.54. The number of halogens is 6. The number of aliphatic hydroxyl groups excluding tert-OH is 1. The minimum atomic E-state index is -4.44. The van der Waals surface area contributed by atoms with E-state index >= 15 is 0 Å². The van der Waals surface area contributed by atoms with Crippen molar-refractivity contribution in [3.8, 4) is 17.1 Å². The van der Waals surface area contributed by atoms with Gasteiger partial charge in [0.2, 0.25) is 11.7 Å². The molecule has 0 spiro atoms. The molecule has 204 valence electrons. The number of nitrogens with one attached hydrogen (secondary N) is 2. The van der Waals surface area contributed by atoms with Gasteiger partial charge in [-0.1, -0.05) is 6.07 Å². The summed E-state index contributed by atoms with van der Waals surface area (Å²) in [6.45, 7) is -0.605. The number of aryl methyl sites for hydroxylation is 1. The van der Waals surface area contributed by atoms with E-state index in [0.29, 0.717) is 22.4 Å². The van der Waals surface area contributed by atoms with Crippen molar-refractivity contribution in [2.45, 2.75) is 44.3 Å². The lowest BCUT2D eigenvalue weighted by Crippen LogP contribution is -2.26. The Bertz CT molecular complexity index is 1370. The molecule has 8 nitrogen and oxygen atoms in total. The van der Waals surface area contributed by atoms with Gasteiger partial charge in [-0.05, 0) is 37.5 Å². The van der Waals surface area contributed by atoms with Crippen molar-refractivity contribution in [2.75, 3.05) is 18.5 Å². The van der Waals surface area contributed by atoms with Gasteiger partial charge in [0.05, 0.1) is 24.0 Å². The lowest BCUT2D eigenvalue weighted by molar-refractivity contribution is -0.131. The highest BCUT2D eigenvalue weighted by Gasteiger charge is 2.35. The van der Waals surface area contributed by atoms with Gasteiger partial charge in [0, 0.05) is 29.8 Å². The van der Waals surface area contributed by atoms with Gasteiger partial charge in [-0.3, -0.25) is 4.79 Å². The second-order valence-corrected chi connectivity index (χ2v) is 8.79. The zero-order valence-corrected chi connectivity index (χ0v) is 20.0. The number of aliphatic hydroxyl groups is 1. The smallest absolute Gasteiger partial charge is 0.390 e. The Morgan fingerprint density at radius 3 is 2.61 bits per heavy atom. The van der Waals surface area contributed by atoms with Crippen molar-refractivity contribution in [3.63, 3.8) is 0 Å². The first-order valence-electron chi connectivity index (χ1n) is 11.5. The van der Waals surface area contributed by atoms with Crippen LogP contribution in [0.4, 0.5) is 32.0 Å². The molecule has 1 fully saturated rings. The average molecular weight is 543 g/mol. The summed E-state index contributed by atoms with van der Waals surface area (Å²) >= 11 is 0. The van der Waals surface area contributed by atoms with Gasteiger partial charge in [0.15, 0.2) is 5.65 Å². The molecule has 0 unspecified atom stereocenters. The summed E-state index contributed by atoms with van der Waals surface area (Å²) in [5.74, 6) is -6.92. The van der Waals surface area contributed by atoms with E-state index in [0.717, 1.165) is 18.9 Å². The molecule has 38 heavy (non-hydrogen) atoms. The zero-order chi connectivity index (χ0) is 27.7. The number of alkyl halides is 5. The fourth-order valence-electron chi connectivity index (χ4n) is 3.51. The summed E-state index contributed by atoms with van der Waals surface area (Å²) in [5.41, 5.74) is 2.09. The Balaban J connectivity index is 1.70. The Hall–Kier alpha value is -3.81. The Labute approximate surface area is 212 Å². The lowest BCUT2D eigenvalue weighted by Gasteiger charge is -2.13. The highest BCUT2D eigenvalue weighted by molar-refractivity contribution is 5.96. The molecule has 3 N–H and O–H groups in total. The van der Waals surface area contributed by atoms with Crippen LogP contribution in [0, 0.1) is 6.92 Å². The van der Waals surface area contributed by atoms with Gasteiger partial charge >= 0.3 is 12.1 Å². The van der Waals surface area contributed by atoms with Gasteiger partial charge in [-0.15, -0.1) is 5.10 Å². The van der Waals surface area contributed by atoms with Crippen molar-refractivity contribution in [1.29, 1.82) is 0 Å². The molecule has 1 saturated carbocycles. The number of benzene rings is 1. The number of hydrogen-bond acceptors (Lipinski definition) is 6. The van der Waals surface area contributed by atoms with E-state index in [4.69, 9.17) is 9.84 Å². The molecule has 14 heteroatoms. The number of hydrogen-bond donors (Lipinski definition) is 3. The fraction of sp³-hybridized carbons (Fsp3) is 0.375. The number of ether oxygens (including phenoxy) is 1. The summed E-state index contributed by atoms with van der Waals surface area (Å²) in [5, 5.41) is 18.2. The van der Waals surface area contributed by atoms with Crippen LogP contribution in [0.25, 0.3) is 16.9 Å². The fourth-order valence-corrected chi connectivity index (χ4v) is 3.51. The minimum absolute atomic E-state index is 0.0189. The molecule has 0 radical (unpaired) electrons. The van der Waals surface area contributed by atoms with Crippen LogP contribution in [-0.2, 0) is 0 Å². The SMILES string of the molecule is Cc1cc(-c2cnc3c(NCCC(F)(F)F)cc(O/C=C(\F)C(F)(F)CO)nn23)ccc1C(=O)NC1CC1. The monoisotopic (exact) mass is 543 g/mol. The predicted octanol–water partition coefficient (Wildman–Crippen LogP) is 4.78. The number of carbonyl (C=O) groups is 1. The summed E-state index contributed by atoms with van der Waals surface area (Å²) in [4.78, 5) is 16.7. The van der Waals surface area contributed by atoms with Crippen LogP contribution in [0.2, 0.25) is 0 Å². The Morgan fingerprint density at radius 1 is 1.24 bits per heavy atom. The van der Waals surface area contributed by atoms with Crippen LogP contribution in [0.5, 0.6) is 5.88 Å². The lowest BCUT2D eigenvalue weighted by atomic mass is 10.0. The van der Waals surface area contributed by atoms with Crippen LogP contribution in [0.1, 0.15) is 35.2 Å². The van der Waals surface area contributed by atoms with Crippen LogP contribution in [0.15, 0.2) is 42.6 Å². The standard InChI is InChI=1S/C24H23F6N5O3/c1-13-8-14(2-5-16(13)22(37)33-15-3-4-15)18-10-32-21-17(31-7-6-24(28,29)30)9-20(34-35(18)21)38-11-19(25)23(26,27)12-36/h2,5,8-11,15,31,36H,3-4,6-7,12H2,1H3,(H,33,37)/b19-11-. The van der Waals surface area contributed by atoms with E-state index < -0.39 is 43.4 Å². The molecule has 1 aliphatic rings. The molecule has 3 aromatic rings. The van der Waals surface area contributed by atoms with Crippen molar-refractivity contribution in [2.24, 2.45) is 0 Å². The number of rotatable bonds is 10. The first-order chi connectivity index (χ1) is 17.9. The van der Waals surface area contributed by atoms with E-state index in [2.05, 4.69) is 20.7 Å². The first kappa shape index (κ1) is 27.2. The summed E-state index contributed by atoms with van der Waals surface area (Å²) in [6, 6.07) is 6.19. The summed E-state index contributed by atoms with van der Waals surface area (Å²) < 4.78 is 84.5. The molecule has 0 saturated heterocycles. The van der Waals surface area contributed by atoms with Gasteiger partial charge in [0.25, 0.3) is 5.91 Å². The highest BCUT2D eigenvalue weighted by atomic mass is 19.4. The number of carbonyl (C=O) groups excluding carboxylic acids is 1. The van der Waals surface area contributed by atoms with Crippen LogP contribution in [0.3, 0.4) is 0 Å². The molecule has 1 aromatic carbocycles. The second kappa shape index (κ2) is 10.5. The van der Waals surface area contributed by atoms with E-state index in [-0.39, 0.29) is 29.5 Å². The third-order valence-corrected chi connectivity index (χ3v) is 5.68. The maximum absolute atomic E-state index is 13.7. The maximum atomic E-state index is 13.7. The zero-order valence-electron chi connectivity index (χ0n) is 20.0. The molecule has 2 aromatic heterocycles. The number of aromatic nitrogens is 3. The van der Waals surface area contributed by atoms with Gasteiger partial charge in [0.1, 0.15) is 12.9 Å². The molecule has 0 bridgehead atoms. The van der Waals surface area contributed by atoms with E-state index in [1.165, 1.54) is 10.7 Å². The van der Waals surface area contributed by atoms with Crippen molar-refractivity contribution in [1.82, 2.24) is 19.9 Å². The van der Waals surface area contributed by atoms with Crippen molar-refractivity contribution in [3.05, 3.63) is 53.7 Å². The molecule has 1 amide bonds. The molecule has 0 aliphatic heterocycles. The van der Waals surface area contributed by atoms with E-state index in [1.54, 1.807) is 25.1 Å². The molecular formula is C24H23F6N5O3. The molecule has 2 heterocycles. The van der Waals surface area contributed by atoms with Crippen molar-refractivity contribution >= 4 is 17.2 Å². The average Bonchev–Trinajstić information content (AvgIpc) is 3.56. The second-order valence-electron chi connectivity index (χ2n) is 8.79. The third kappa shape index (κ3) is 6.36. The quantitative estimate of drug-likeness (QED) is 0.252. The first-order valence-corrected chi connectivity index (χ1v) is 11.5. The summed E-state index contributed by atoms with van der Waals surface area (Å²) in [7, 11) is 0. The molecule has 1 aliphatic carbocycles. The number of nitrogens with zero attached hydrogens (tertiary/aromatic N) is 3. The van der Waals surface area contributed by atoms with Gasteiger partial charge in [-0.2, -0.15) is 22.0 Å². The predicted molar refractivity (Wildman–Crippen MR) is 125 cm³/mol. The molecule has 0 atom stereocenters. The van der Waals surface area contributed by atoms with Gasteiger partial charge in [-0.25, -0.2) is 13.9 Å². The van der Waals surface area contributed by atoms with Gasteiger partial charge < -0.3 is 20.5 Å². The van der Waals surface area contributed by atoms with E-state index in [9.17, 15) is 31.1 Å². The number of imidazole rings is 1. The Morgan fingerprint density at radius 2 is 1.97 bits per heavy atom. The highest BCUT2D eigenvalue weighted by Crippen LogP contribution is 2.30.